The number of hydrogen-bond donors (Lipinski definition) is 1. The summed E-state index contributed by atoms with van der Waals surface area (Å²) in [5.41, 5.74) is 0. The van der Waals surface area contributed by atoms with Gasteiger partial charge in [-0.25, -0.2) is 0 Å². The van der Waals surface area contributed by atoms with E-state index in [2.05, 4.69) is 0 Å². The van der Waals surface area contributed by atoms with Crippen molar-refractivity contribution in [3.05, 3.63) is 0 Å². The first kappa shape index (κ1) is 5.65. The van der Waals surface area contributed by atoms with Crippen LogP contribution in [0.25, 0.3) is 0 Å². The lowest BCUT2D eigenvalue weighted by Crippen LogP contribution is -2.28. The molecule has 0 unspecified atom stereocenters. The van der Waals surface area contributed by atoms with Gasteiger partial charge < -0.3 is 14.6 Å². The molecule has 2 saturated heterocycles. The lowest BCUT2D eigenvalue weighted by atomic mass is 10.1. The van der Waals surface area contributed by atoms with Crippen LogP contribution in [0.1, 0.15) is 12.8 Å². The Balaban J connectivity index is 2.03. The maximum absolute atomic E-state index is 9.13. The van der Waals surface area contributed by atoms with Gasteiger partial charge in [0.1, 0.15) is 0 Å². The summed E-state index contributed by atoms with van der Waals surface area (Å²) in [6.07, 6.45) is 1.25. The van der Waals surface area contributed by atoms with Crippen molar-refractivity contribution in [1.82, 2.24) is 0 Å². The lowest BCUT2D eigenvalue weighted by Gasteiger charge is -2.21. The Kier molecular flexibility index (Phi) is 1.22. The maximum atomic E-state index is 9.13. The van der Waals surface area contributed by atoms with Gasteiger partial charge in [0.25, 0.3) is 0 Å². The largest absolute Gasteiger partial charge is 0.393 e. The first-order valence-electron chi connectivity index (χ1n) is 3.30. The fourth-order valence-corrected chi connectivity index (χ4v) is 1.38. The number of fused-ring (bicyclic) bond motifs is 2. The minimum absolute atomic E-state index is 0.112. The van der Waals surface area contributed by atoms with E-state index in [-0.39, 0.29) is 18.5 Å². The Morgan fingerprint density at radius 2 is 2.22 bits per heavy atom. The van der Waals surface area contributed by atoms with Crippen molar-refractivity contribution in [3.8, 4) is 0 Å². The third-order valence-corrected chi connectivity index (χ3v) is 1.81. The molecule has 1 N–H and O–H groups in total. The van der Waals surface area contributed by atoms with Crippen molar-refractivity contribution in [1.29, 1.82) is 0 Å². The zero-order chi connectivity index (χ0) is 6.27. The van der Waals surface area contributed by atoms with Crippen molar-refractivity contribution in [2.45, 2.75) is 31.3 Å². The highest BCUT2D eigenvalue weighted by atomic mass is 16.7. The second-order valence-electron chi connectivity index (χ2n) is 2.65. The number of rotatable bonds is 0. The van der Waals surface area contributed by atoms with Crippen LogP contribution in [0, 0.1) is 0 Å². The van der Waals surface area contributed by atoms with Crippen LogP contribution in [0.2, 0.25) is 0 Å². The fraction of sp³-hybridized carbons (Fsp3) is 1.00. The van der Waals surface area contributed by atoms with Gasteiger partial charge in [0.15, 0.2) is 6.29 Å². The Labute approximate surface area is 53.6 Å². The molecular weight excluding hydrogens is 120 g/mol. The van der Waals surface area contributed by atoms with E-state index in [1.807, 2.05) is 0 Å². The van der Waals surface area contributed by atoms with E-state index in [0.29, 0.717) is 13.0 Å². The monoisotopic (exact) mass is 130 g/mol. The summed E-state index contributed by atoms with van der Waals surface area (Å²) in [5.74, 6) is 0. The molecule has 3 nitrogen and oxygen atoms in total. The van der Waals surface area contributed by atoms with E-state index < -0.39 is 0 Å². The van der Waals surface area contributed by atoms with Gasteiger partial charge in [0, 0.05) is 12.8 Å². The third-order valence-electron chi connectivity index (χ3n) is 1.81. The molecular formula is C6H10O3. The minimum Gasteiger partial charge on any atom is -0.393 e. The van der Waals surface area contributed by atoms with Crippen molar-refractivity contribution in [2.75, 3.05) is 6.61 Å². The summed E-state index contributed by atoms with van der Waals surface area (Å²) in [7, 11) is 0. The van der Waals surface area contributed by atoms with E-state index in [1.54, 1.807) is 0 Å². The first-order valence-corrected chi connectivity index (χ1v) is 3.30. The number of aliphatic hydroxyl groups is 1. The highest BCUT2D eigenvalue weighted by Crippen LogP contribution is 2.26. The molecule has 52 valence electrons. The van der Waals surface area contributed by atoms with Crippen LogP contribution in [0.15, 0.2) is 0 Å². The van der Waals surface area contributed by atoms with Gasteiger partial charge in [0.2, 0.25) is 0 Å². The van der Waals surface area contributed by atoms with Crippen LogP contribution in [0.4, 0.5) is 0 Å². The van der Waals surface area contributed by atoms with E-state index in [1.165, 1.54) is 0 Å². The average Bonchev–Trinajstić information content (AvgIpc) is 2.11. The van der Waals surface area contributed by atoms with Crippen molar-refractivity contribution in [3.63, 3.8) is 0 Å². The molecule has 2 rings (SSSR count). The van der Waals surface area contributed by atoms with Crippen molar-refractivity contribution in [2.24, 2.45) is 0 Å². The molecule has 0 amide bonds. The predicted molar refractivity (Wildman–Crippen MR) is 29.9 cm³/mol. The molecule has 0 aromatic carbocycles. The first-order chi connectivity index (χ1) is 4.34. The molecule has 2 bridgehead atoms. The highest BCUT2D eigenvalue weighted by molar-refractivity contribution is 4.77. The molecule has 0 aliphatic carbocycles. The predicted octanol–water partition coefficient (Wildman–Crippen LogP) is -0.117. The molecule has 0 radical (unpaired) electrons. The summed E-state index contributed by atoms with van der Waals surface area (Å²) in [6.45, 7) is 0.668. The molecule has 2 aliphatic rings. The minimum atomic E-state index is -0.198. The van der Waals surface area contributed by atoms with Crippen LogP contribution >= 0.6 is 0 Å². The van der Waals surface area contributed by atoms with Crippen LogP contribution < -0.4 is 0 Å². The summed E-state index contributed by atoms with van der Waals surface area (Å²) in [6, 6.07) is 0. The summed E-state index contributed by atoms with van der Waals surface area (Å²) >= 11 is 0. The van der Waals surface area contributed by atoms with Gasteiger partial charge >= 0.3 is 0 Å². The standard InChI is InChI=1S/C6H10O3/c7-4-1-5-3-8-6(2-4)9-5/h4-7H,1-3H2/t4-,5-,6+/m0/s1. The summed E-state index contributed by atoms with van der Waals surface area (Å²) in [4.78, 5) is 0. The van der Waals surface area contributed by atoms with E-state index in [0.717, 1.165) is 6.42 Å². The van der Waals surface area contributed by atoms with Crippen LogP contribution in [-0.4, -0.2) is 30.2 Å². The van der Waals surface area contributed by atoms with E-state index in [9.17, 15) is 0 Å². The summed E-state index contributed by atoms with van der Waals surface area (Å²) in [5, 5.41) is 9.13. The zero-order valence-electron chi connectivity index (χ0n) is 5.12. The zero-order valence-corrected chi connectivity index (χ0v) is 5.12. The molecule has 3 heteroatoms. The molecule has 3 atom stereocenters. The number of aliphatic hydroxyl groups excluding tert-OH is 1. The van der Waals surface area contributed by atoms with E-state index in [4.69, 9.17) is 14.6 Å². The third kappa shape index (κ3) is 0.956. The van der Waals surface area contributed by atoms with Gasteiger partial charge in [0.05, 0.1) is 18.8 Å². The number of hydrogen-bond acceptors (Lipinski definition) is 3. The van der Waals surface area contributed by atoms with Crippen molar-refractivity contribution < 1.29 is 14.6 Å². The Bertz CT molecular complexity index is 103. The quantitative estimate of drug-likeness (QED) is 0.497. The van der Waals surface area contributed by atoms with Gasteiger partial charge in [-0.15, -0.1) is 0 Å². The lowest BCUT2D eigenvalue weighted by molar-refractivity contribution is -0.116. The molecule has 9 heavy (non-hydrogen) atoms. The molecule has 0 spiro atoms. The average molecular weight is 130 g/mol. The smallest absolute Gasteiger partial charge is 0.160 e. The Morgan fingerprint density at radius 1 is 1.33 bits per heavy atom. The van der Waals surface area contributed by atoms with Gasteiger partial charge in [-0.3, -0.25) is 0 Å². The molecule has 2 aliphatic heterocycles. The Hall–Kier alpha value is -0.120. The topological polar surface area (TPSA) is 38.7 Å². The molecule has 0 aromatic rings. The molecule has 0 saturated carbocycles. The molecule has 0 aromatic heterocycles. The normalized spacial score (nSPS) is 49.7. The van der Waals surface area contributed by atoms with Crippen molar-refractivity contribution >= 4 is 0 Å². The fourth-order valence-electron chi connectivity index (χ4n) is 1.38. The summed E-state index contributed by atoms with van der Waals surface area (Å²) < 4.78 is 10.5. The second kappa shape index (κ2) is 1.94. The van der Waals surface area contributed by atoms with Crippen LogP contribution in [-0.2, 0) is 9.47 Å². The highest BCUT2D eigenvalue weighted by Gasteiger charge is 2.34. The van der Waals surface area contributed by atoms with Crippen LogP contribution in [0.3, 0.4) is 0 Å². The molecule has 2 fully saturated rings. The van der Waals surface area contributed by atoms with Gasteiger partial charge in [-0.1, -0.05) is 0 Å². The maximum Gasteiger partial charge on any atom is 0.160 e. The number of ether oxygens (including phenoxy) is 2. The SMILES string of the molecule is O[C@H]1C[C@H]2CO[C@@H](C1)O2. The van der Waals surface area contributed by atoms with E-state index >= 15 is 0 Å². The molecule has 2 heterocycles. The Morgan fingerprint density at radius 3 is 3.00 bits per heavy atom. The van der Waals surface area contributed by atoms with Gasteiger partial charge in [-0.05, 0) is 0 Å². The van der Waals surface area contributed by atoms with Crippen LogP contribution in [0.5, 0.6) is 0 Å². The second-order valence-corrected chi connectivity index (χ2v) is 2.65. The van der Waals surface area contributed by atoms with Gasteiger partial charge in [-0.2, -0.15) is 0 Å².